The van der Waals surface area contributed by atoms with E-state index in [4.69, 9.17) is 37.9 Å². The second kappa shape index (κ2) is 28.2. The Morgan fingerprint density at radius 1 is 0.771 bits per heavy atom. The van der Waals surface area contributed by atoms with E-state index >= 15 is 0 Å². The molecule has 1 saturated heterocycles. The lowest BCUT2D eigenvalue weighted by Gasteiger charge is -2.52. The minimum Gasteiger partial charge on any atom is -0.491 e. The average Bonchev–Trinajstić information content (AvgIpc) is 3.07. The molecule has 83 heavy (non-hydrogen) atoms. The number of benzene rings is 1. The summed E-state index contributed by atoms with van der Waals surface area (Å²) in [5.41, 5.74) is -5.55. The van der Waals surface area contributed by atoms with Crippen LogP contribution in [0.2, 0.25) is 0 Å². The number of ether oxygens (including phenoxy) is 8. The number of carbonyl (C=O) groups excluding carboxylic acids is 7. The number of hydrogen-bond acceptors (Lipinski definition) is 21. The molecule has 468 valence electrons. The van der Waals surface area contributed by atoms with Gasteiger partial charge in [0, 0.05) is 44.7 Å². The van der Waals surface area contributed by atoms with Gasteiger partial charge in [0.25, 0.3) is 5.69 Å². The molecule has 9 N–H and O–H groups in total. The van der Waals surface area contributed by atoms with Gasteiger partial charge in [-0.15, -0.1) is 0 Å². The van der Waals surface area contributed by atoms with Crippen LogP contribution in [0.5, 0.6) is 0 Å². The van der Waals surface area contributed by atoms with E-state index < -0.39 is 162 Å². The third kappa shape index (κ3) is 21.7. The molecule has 0 radical (unpaired) electrons. The molecule has 29 nitrogen and oxygen atoms in total. The highest BCUT2D eigenvalue weighted by Crippen LogP contribution is 2.39. The summed E-state index contributed by atoms with van der Waals surface area (Å²) in [5.74, 6) is -3.17. The minimum absolute atomic E-state index is 0.0548. The van der Waals surface area contributed by atoms with E-state index in [2.05, 4.69) is 26.6 Å². The maximum absolute atomic E-state index is 14.0. The highest BCUT2D eigenvalue weighted by molar-refractivity contribution is 5.83. The Morgan fingerprint density at radius 2 is 1.35 bits per heavy atom. The van der Waals surface area contributed by atoms with Gasteiger partial charge in [-0.05, 0) is 133 Å². The highest BCUT2D eigenvalue weighted by Gasteiger charge is 2.57. The van der Waals surface area contributed by atoms with Crippen molar-refractivity contribution in [2.24, 2.45) is 5.92 Å². The van der Waals surface area contributed by atoms with Crippen molar-refractivity contribution >= 4 is 48.0 Å². The summed E-state index contributed by atoms with van der Waals surface area (Å²) in [4.78, 5) is 106. The molecule has 1 saturated carbocycles. The topological polar surface area (TPSA) is 384 Å². The molecule has 0 bridgehead atoms. The molecule has 2 aliphatic heterocycles. The third-order valence-electron chi connectivity index (χ3n) is 12.7. The number of nitro benzene ring substituents is 1. The molecule has 7 amide bonds. The van der Waals surface area contributed by atoms with Crippen molar-refractivity contribution in [3.63, 3.8) is 0 Å². The number of rotatable bonds is 18. The van der Waals surface area contributed by atoms with Crippen LogP contribution >= 0.6 is 0 Å². The molecule has 1 aromatic carbocycles. The normalized spacial score (nSPS) is 26.0. The number of nitrogens with zero attached hydrogens (tertiary/aromatic N) is 3. The Labute approximate surface area is 482 Å². The largest absolute Gasteiger partial charge is 0.491 e. The van der Waals surface area contributed by atoms with Crippen molar-refractivity contribution in [1.29, 1.82) is 0 Å². The predicted molar refractivity (Wildman–Crippen MR) is 293 cm³/mol. The van der Waals surface area contributed by atoms with Gasteiger partial charge in [-0.3, -0.25) is 19.7 Å². The van der Waals surface area contributed by atoms with Crippen LogP contribution in [-0.4, -0.2) is 207 Å². The van der Waals surface area contributed by atoms with Gasteiger partial charge in [-0.1, -0.05) is 0 Å². The quantitative estimate of drug-likeness (QED) is 0.0579. The molecular weight excluding hydrogens is 1100 g/mol. The van der Waals surface area contributed by atoms with Crippen LogP contribution in [0.3, 0.4) is 0 Å². The number of alkyl carbamates (subject to hydrolysis) is 3. The zero-order chi connectivity index (χ0) is 62.7. The number of likely N-dealkylation sites (N-methyl/N-ethyl adjacent to an activating group) is 2. The lowest BCUT2D eigenvalue weighted by Crippen LogP contribution is -2.71. The van der Waals surface area contributed by atoms with Gasteiger partial charge in [0.15, 0.2) is 6.29 Å². The SMILES string of the molecule is CN(CC(=O)N[C@@H]1CC=C(CNC(=O)OCc2ccc([N+](=O)[O-])cc2)O[C@@H]1C1[C@@H](NC(=O)OC(C)(C)C)C[C@@H](NC(=O)[C@@H](O)CCNC(=O)OC(C)(C)C)[C@H](O[C@H]2OC[C@](C)(O)[C@H](N(C)C(=O)OC(C)(C)C)[C@H]2O)[C@H]1O)C(=O)OC(C)(C)C. The van der Waals surface area contributed by atoms with Gasteiger partial charge in [0.1, 0.15) is 71.3 Å². The summed E-state index contributed by atoms with van der Waals surface area (Å²) in [6, 6.07) is -0.0969. The van der Waals surface area contributed by atoms with E-state index in [0.29, 0.717) is 5.56 Å². The summed E-state index contributed by atoms with van der Waals surface area (Å²) < 4.78 is 46.2. The smallest absolute Gasteiger partial charge is 0.410 e. The fraction of sp³-hybridized carbons (Fsp3) is 0.722. The molecular formula is C54H86N8O21. The first kappa shape index (κ1) is 68.7. The van der Waals surface area contributed by atoms with Gasteiger partial charge in [-0.25, -0.2) is 24.0 Å². The summed E-state index contributed by atoms with van der Waals surface area (Å²) in [5, 5.41) is 72.4. The van der Waals surface area contributed by atoms with Crippen LogP contribution < -0.4 is 26.6 Å². The van der Waals surface area contributed by atoms with Crippen LogP contribution in [0.4, 0.5) is 29.7 Å². The number of carbonyl (C=O) groups is 7. The Morgan fingerprint density at radius 3 is 1.93 bits per heavy atom. The van der Waals surface area contributed by atoms with Gasteiger partial charge in [-0.2, -0.15) is 0 Å². The summed E-state index contributed by atoms with van der Waals surface area (Å²) in [7, 11) is 2.61. The van der Waals surface area contributed by atoms with Crippen molar-refractivity contribution in [3.05, 3.63) is 51.8 Å². The van der Waals surface area contributed by atoms with E-state index in [1.165, 1.54) is 51.4 Å². The highest BCUT2D eigenvalue weighted by atomic mass is 16.7. The minimum atomic E-state index is -1.96. The van der Waals surface area contributed by atoms with E-state index in [-0.39, 0.29) is 44.0 Å². The Bertz CT molecular complexity index is 2470. The summed E-state index contributed by atoms with van der Waals surface area (Å²) in [6.45, 7) is 18.8. The number of amides is 7. The second-order valence-corrected chi connectivity index (χ2v) is 24.9. The number of nitrogens with one attached hydrogen (secondary N) is 5. The molecule has 1 aliphatic carbocycles. The number of aliphatic hydroxyl groups is 4. The molecule has 2 heterocycles. The zero-order valence-electron chi connectivity index (χ0n) is 50.0. The fourth-order valence-corrected chi connectivity index (χ4v) is 9.21. The number of nitro groups is 1. The molecule has 1 unspecified atom stereocenters. The van der Waals surface area contributed by atoms with Crippen LogP contribution in [-0.2, 0) is 54.1 Å². The number of aliphatic hydroxyl groups excluding tert-OH is 3. The summed E-state index contributed by atoms with van der Waals surface area (Å²) >= 11 is 0. The Balaban J connectivity index is 1.81. The van der Waals surface area contributed by atoms with E-state index in [1.54, 1.807) is 83.1 Å². The molecule has 2 fully saturated rings. The fourth-order valence-electron chi connectivity index (χ4n) is 9.21. The molecule has 1 aromatic rings. The Hall–Kier alpha value is -6.79. The van der Waals surface area contributed by atoms with E-state index in [9.17, 15) is 64.1 Å². The van der Waals surface area contributed by atoms with E-state index in [0.717, 1.165) is 9.80 Å². The summed E-state index contributed by atoms with van der Waals surface area (Å²) in [6.07, 6.45) is -14.5. The standard InChI is InChI=1S/C54H86N8O21/c1-50(2,3)80-46(69)55-23-22-35(63)43(67)58-34-24-33(59-47(70)81-51(4,5)6)37(38(65)41(34)79-44-39(66)42(54(13,73)28-77-44)61(15)49(72)83-53(10,11)12)40-32(57-36(64)26-60(14)48(71)82-52(7,8)9)21-20-31(78-40)25-56-45(68)76-27-29-16-18-30(19-17-29)62(74)75/h16-20,32-35,37-42,44,63,65-66,73H,21-28H2,1-15H3,(H,55,69)(H,56,68)(H,57,64)(H,58,67)(H,59,70)/t32-,33+,34-,35+,37?,38+,39-,40+,41+,42-,44-,54+/m1/s1. The molecule has 0 spiro atoms. The van der Waals surface area contributed by atoms with Gasteiger partial charge in [0.2, 0.25) is 11.8 Å². The number of hydrogen-bond donors (Lipinski definition) is 9. The maximum atomic E-state index is 14.0. The van der Waals surface area contributed by atoms with Crippen LogP contribution in [0, 0.1) is 16.0 Å². The van der Waals surface area contributed by atoms with Crippen LogP contribution in [0.15, 0.2) is 36.1 Å². The first-order chi connectivity index (χ1) is 38.1. The van der Waals surface area contributed by atoms with Crippen molar-refractivity contribution in [3.8, 4) is 0 Å². The first-order valence-corrected chi connectivity index (χ1v) is 27.1. The second-order valence-electron chi connectivity index (χ2n) is 24.9. The van der Waals surface area contributed by atoms with Gasteiger partial charge in [0.05, 0.1) is 42.3 Å². The molecule has 3 aliphatic rings. The van der Waals surface area contributed by atoms with Crippen LogP contribution in [0.1, 0.15) is 115 Å². The van der Waals surface area contributed by atoms with Crippen molar-refractivity contribution < 1.29 is 96.8 Å². The van der Waals surface area contributed by atoms with Crippen molar-refractivity contribution in [2.75, 3.05) is 40.3 Å². The Kier molecular flexibility index (Phi) is 23.3. The predicted octanol–water partition coefficient (Wildman–Crippen LogP) is 2.97. The molecule has 12 atom stereocenters. The van der Waals surface area contributed by atoms with Crippen molar-refractivity contribution in [2.45, 2.75) is 205 Å². The average molecular weight is 1180 g/mol. The molecule has 29 heteroatoms. The van der Waals surface area contributed by atoms with Gasteiger partial charge < -0.3 is 94.7 Å². The first-order valence-electron chi connectivity index (χ1n) is 27.1. The number of non-ortho nitro benzene ring substituents is 1. The van der Waals surface area contributed by atoms with E-state index in [1.807, 2.05) is 0 Å². The lowest BCUT2D eigenvalue weighted by atomic mass is 9.72. The molecule has 4 rings (SSSR count). The maximum Gasteiger partial charge on any atom is 0.410 e. The van der Waals surface area contributed by atoms with Crippen molar-refractivity contribution in [1.82, 2.24) is 36.4 Å². The van der Waals surface area contributed by atoms with Gasteiger partial charge >= 0.3 is 30.5 Å². The van der Waals surface area contributed by atoms with Crippen LogP contribution in [0.25, 0.3) is 0 Å². The lowest BCUT2D eigenvalue weighted by molar-refractivity contribution is -0.384. The zero-order valence-corrected chi connectivity index (χ0v) is 50.0. The third-order valence-corrected chi connectivity index (χ3v) is 12.7. The monoisotopic (exact) mass is 1180 g/mol. The molecule has 0 aromatic heterocycles.